The first kappa shape index (κ1) is 28.6. The predicted octanol–water partition coefficient (Wildman–Crippen LogP) is 0.895. The van der Waals surface area contributed by atoms with Crippen LogP contribution in [0.5, 0.6) is 0 Å². The van der Waals surface area contributed by atoms with Crippen LogP contribution in [-0.4, -0.2) is 14.9 Å². The van der Waals surface area contributed by atoms with Crippen LogP contribution in [0.2, 0.25) is 19.6 Å². The molecule has 0 heterocycles. The Bertz CT molecular complexity index is 923. The minimum Gasteiger partial charge on any atom is -1.00 e. The minimum atomic E-state index is -1.45. The maximum atomic E-state index is 6.17. The SMILES string of the molecule is CC(CCCO[Si](C)(C)C)(c1cccc2c1Cc1ccccc1-2)C1C=CC=C1.[Cl-].[Cl-].[Zr+2]. The molecule has 1 atom stereocenters. The molecule has 0 N–H and O–H groups in total. The first-order chi connectivity index (χ1) is 13.4. The number of halogens is 2. The van der Waals surface area contributed by atoms with Crippen molar-refractivity contribution in [2.45, 2.75) is 51.2 Å². The molecular formula is C26H32Cl2OSiZr. The number of fused-ring (bicyclic) bond motifs is 3. The number of benzene rings is 2. The van der Waals surface area contributed by atoms with Crippen LogP contribution in [0.15, 0.2) is 66.8 Å². The molecule has 164 valence electrons. The summed E-state index contributed by atoms with van der Waals surface area (Å²) in [6, 6.07) is 15.8. The topological polar surface area (TPSA) is 9.23 Å². The van der Waals surface area contributed by atoms with E-state index < -0.39 is 8.32 Å². The third-order valence-corrected chi connectivity index (χ3v) is 7.40. The summed E-state index contributed by atoms with van der Waals surface area (Å²) in [6.07, 6.45) is 12.5. The Balaban J connectivity index is 0.00000160. The van der Waals surface area contributed by atoms with E-state index in [0.29, 0.717) is 5.92 Å². The van der Waals surface area contributed by atoms with Gasteiger partial charge in [0.25, 0.3) is 0 Å². The molecule has 5 heteroatoms. The molecule has 2 aliphatic carbocycles. The number of hydrogen-bond donors (Lipinski definition) is 0. The average molecular weight is 551 g/mol. The van der Waals surface area contributed by atoms with Crippen LogP contribution in [0, 0.1) is 5.92 Å². The maximum Gasteiger partial charge on any atom is 2.00 e. The molecule has 4 rings (SSSR count). The van der Waals surface area contributed by atoms with Crippen molar-refractivity contribution >= 4 is 8.32 Å². The number of hydrogen-bond acceptors (Lipinski definition) is 1. The van der Waals surface area contributed by atoms with Crippen molar-refractivity contribution in [3.05, 3.63) is 83.5 Å². The van der Waals surface area contributed by atoms with Gasteiger partial charge in [0, 0.05) is 17.9 Å². The summed E-state index contributed by atoms with van der Waals surface area (Å²) in [5.41, 5.74) is 7.47. The molecule has 0 aliphatic heterocycles. The Morgan fingerprint density at radius 3 is 2.26 bits per heavy atom. The van der Waals surface area contributed by atoms with Crippen molar-refractivity contribution in [3.8, 4) is 11.1 Å². The molecule has 0 spiro atoms. The van der Waals surface area contributed by atoms with Gasteiger partial charge >= 0.3 is 26.2 Å². The molecule has 1 unspecified atom stereocenters. The van der Waals surface area contributed by atoms with Crippen molar-refractivity contribution in [1.29, 1.82) is 0 Å². The van der Waals surface area contributed by atoms with Crippen LogP contribution >= 0.6 is 0 Å². The Labute approximate surface area is 220 Å². The summed E-state index contributed by atoms with van der Waals surface area (Å²) in [6.45, 7) is 10.2. The maximum absolute atomic E-state index is 6.17. The second-order valence-corrected chi connectivity index (χ2v) is 14.0. The number of rotatable bonds is 7. The quantitative estimate of drug-likeness (QED) is 0.314. The summed E-state index contributed by atoms with van der Waals surface area (Å²) in [5, 5.41) is 0. The van der Waals surface area contributed by atoms with Gasteiger partial charge in [0.05, 0.1) is 0 Å². The van der Waals surface area contributed by atoms with Gasteiger partial charge in [-0.05, 0) is 66.7 Å². The molecule has 0 amide bonds. The molecule has 1 nitrogen and oxygen atoms in total. The zero-order valence-electron chi connectivity index (χ0n) is 18.9. The zero-order valence-corrected chi connectivity index (χ0v) is 23.9. The fourth-order valence-corrected chi connectivity index (χ4v) is 5.60. The van der Waals surface area contributed by atoms with Gasteiger partial charge in [-0.3, -0.25) is 0 Å². The van der Waals surface area contributed by atoms with Gasteiger partial charge in [0.2, 0.25) is 0 Å². The van der Waals surface area contributed by atoms with Gasteiger partial charge in [-0.25, -0.2) is 0 Å². The monoisotopic (exact) mass is 548 g/mol. The molecule has 0 radical (unpaired) electrons. The molecule has 2 aromatic carbocycles. The Kier molecular flexibility index (Phi) is 10.7. The third-order valence-electron chi connectivity index (χ3n) is 6.33. The minimum absolute atomic E-state index is 0. The van der Waals surface area contributed by atoms with Crippen LogP contribution in [0.25, 0.3) is 11.1 Å². The molecule has 0 saturated carbocycles. The normalized spacial score (nSPS) is 15.9. The van der Waals surface area contributed by atoms with Gasteiger partial charge < -0.3 is 29.2 Å². The number of allylic oxidation sites excluding steroid dienone is 4. The van der Waals surface area contributed by atoms with E-state index in [4.69, 9.17) is 4.43 Å². The third kappa shape index (κ3) is 6.12. The molecule has 31 heavy (non-hydrogen) atoms. The van der Waals surface area contributed by atoms with Crippen LogP contribution in [0.1, 0.15) is 36.5 Å². The molecule has 0 aromatic heterocycles. The van der Waals surface area contributed by atoms with E-state index in [0.717, 1.165) is 25.9 Å². The standard InChI is InChI=1S/C26H32OSi.2ClH.Zr/c1-26(21-12-6-7-13-21,17-10-18-27-28(2,3)4)25-16-9-15-23-22-14-8-5-11-20(22)19-24(23)25;;;/h5-9,11-16,21H,10,17-19H2,1-4H3;2*1H;/q;;;+2/p-2. The van der Waals surface area contributed by atoms with Gasteiger partial charge in [0.1, 0.15) is 0 Å². The van der Waals surface area contributed by atoms with E-state index in [1.54, 1.807) is 0 Å². The van der Waals surface area contributed by atoms with Crippen molar-refractivity contribution in [2.24, 2.45) is 5.92 Å². The van der Waals surface area contributed by atoms with Crippen molar-refractivity contribution in [3.63, 3.8) is 0 Å². The van der Waals surface area contributed by atoms with E-state index in [9.17, 15) is 0 Å². The van der Waals surface area contributed by atoms with Gasteiger partial charge in [-0.2, -0.15) is 0 Å². The fraction of sp³-hybridized carbons (Fsp3) is 0.385. The Morgan fingerprint density at radius 2 is 1.58 bits per heavy atom. The molecule has 0 fully saturated rings. The first-order valence-corrected chi connectivity index (χ1v) is 14.0. The average Bonchev–Trinajstić information content (AvgIpc) is 3.32. The molecule has 0 bridgehead atoms. The summed E-state index contributed by atoms with van der Waals surface area (Å²) < 4.78 is 6.17. The summed E-state index contributed by atoms with van der Waals surface area (Å²) in [4.78, 5) is 0. The molecule has 0 saturated heterocycles. The van der Waals surface area contributed by atoms with Crippen LogP contribution in [0.3, 0.4) is 0 Å². The van der Waals surface area contributed by atoms with E-state index in [1.807, 2.05) is 0 Å². The zero-order chi connectivity index (χ0) is 19.8. The van der Waals surface area contributed by atoms with E-state index in [1.165, 1.54) is 27.8 Å². The van der Waals surface area contributed by atoms with Gasteiger partial charge in [0.15, 0.2) is 8.32 Å². The van der Waals surface area contributed by atoms with Gasteiger partial charge in [-0.1, -0.05) is 73.7 Å². The Hall–Kier alpha value is -0.440. The summed E-state index contributed by atoms with van der Waals surface area (Å²) in [7, 11) is -1.45. The smallest absolute Gasteiger partial charge is 1.00 e. The first-order valence-electron chi connectivity index (χ1n) is 10.6. The van der Waals surface area contributed by atoms with Crippen molar-refractivity contribution in [1.82, 2.24) is 0 Å². The van der Waals surface area contributed by atoms with Crippen molar-refractivity contribution < 1.29 is 55.4 Å². The van der Waals surface area contributed by atoms with Crippen LogP contribution in [-0.2, 0) is 42.5 Å². The second-order valence-electron chi connectivity index (χ2n) is 9.44. The van der Waals surface area contributed by atoms with E-state index >= 15 is 0 Å². The largest absolute Gasteiger partial charge is 2.00 e. The van der Waals surface area contributed by atoms with Crippen LogP contribution in [0.4, 0.5) is 0 Å². The van der Waals surface area contributed by atoms with E-state index in [-0.39, 0.29) is 56.4 Å². The molecular weight excluding hydrogens is 519 g/mol. The predicted molar refractivity (Wildman–Crippen MR) is 122 cm³/mol. The summed E-state index contributed by atoms with van der Waals surface area (Å²) in [5.74, 6) is 0.453. The van der Waals surface area contributed by atoms with E-state index in [2.05, 4.69) is 93.3 Å². The molecule has 2 aromatic rings. The van der Waals surface area contributed by atoms with Gasteiger partial charge in [-0.15, -0.1) is 0 Å². The fourth-order valence-electron chi connectivity index (χ4n) is 4.85. The second kappa shape index (κ2) is 11.6. The Morgan fingerprint density at radius 1 is 0.935 bits per heavy atom. The summed E-state index contributed by atoms with van der Waals surface area (Å²) >= 11 is 0. The van der Waals surface area contributed by atoms with Crippen LogP contribution < -0.4 is 24.8 Å². The van der Waals surface area contributed by atoms with Crippen molar-refractivity contribution in [2.75, 3.05) is 6.61 Å². The molecule has 2 aliphatic rings.